The Morgan fingerprint density at radius 2 is 1.90 bits per heavy atom. The van der Waals surface area contributed by atoms with Gasteiger partial charge >= 0.3 is 0 Å². The second-order valence-corrected chi connectivity index (χ2v) is 10.0. The van der Waals surface area contributed by atoms with Gasteiger partial charge in [-0.3, -0.25) is 0 Å². The largest absolute Gasteiger partial charge is 0.370 e. The molecule has 5 nitrogen and oxygen atoms in total. The number of anilines is 1. The highest BCUT2D eigenvalue weighted by Crippen LogP contribution is 2.42. The van der Waals surface area contributed by atoms with Crippen LogP contribution in [-0.4, -0.2) is 27.1 Å². The van der Waals surface area contributed by atoms with Crippen LogP contribution in [0, 0.1) is 0 Å². The third-order valence-corrected chi connectivity index (χ3v) is 7.08. The molecular formula is C24H34N4OS. The number of nitrogens with one attached hydrogen (secondary N) is 1. The maximum Gasteiger partial charge on any atom is 0.147 e. The number of unbranched alkanes of at least 4 members (excludes halogenated alkanes) is 4. The minimum absolute atomic E-state index is 0.162. The molecule has 162 valence electrons. The number of fused-ring (bicyclic) bond motifs is 5. The molecule has 1 aliphatic heterocycles. The predicted octanol–water partition coefficient (Wildman–Crippen LogP) is 6.43. The van der Waals surface area contributed by atoms with Gasteiger partial charge in [-0.1, -0.05) is 39.5 Å². The van der Waals surface area contributed by atoms with E-state index in [9.17, 15) is 0 Å². The Morgan fingerprint density at radius 3 is 2.70 bits per heavy atom. The van der Waals surface area contributed by atoms with E-state index in [1.165, 1.54) is 54.3 Å². The maximum atomic E-state index is 6.18. The van der Waals surface area contributed by atoms with Crippen LogP contribution in [0.1, 0.15) is 83.0 Å². The highest BCUT2D eigenvalue weighted by Gasteiger charge is 2.31. The predicted molar refractivity (Wildman–Crippen MR) is 127 cm³/mol. The lowest BCUT2D eigenvalue weighted by molar-refractivity contribution is -0.0401. The summed E-state index contributed by atoms with van der Waals surface area (Å²) in [6.07, 6.45) is 10.9. The first-order valence-corrected chi connectivity index (χ1v) is 12.3. The van der Waals surface area contributed by atoms with Gasteiger partial charge in [-0.15, -0.1) is 11.3 Å². The van der Waals surface area contributed by atoms with Gasteiger partial charge in [0.05, 0.1) is 22.4 Å². The van der Waals surface area contributed by atoms with Gasteiger partial charge in [0.1, 0.15) is 17.0 Å². The van der Waals surface area contributed by atoms with Crippen molar-refractivity contribution in [2.24, 2.45) is 0 Å². The summed E-state index contributed by atoms with van der Waals surface area (Å²) in [5.74, 6) is 0.953. The van der Waals surface area contributed by atoms with Crippen molar-refractivity contribution in [1.29, 1.82) is 0 Å². The molecule has 1 aliphatic rings. The molecule has 0 saturated carbocycles. The average molecular weight is 427 g/mol. The summed E-state index contributed by atoms with van der Waals surface area (Å²) in [7, 11) is 0. The summed E-state index contributed by atoms with van der Waals surface area (Å²) < 4.78 is 7.31. The Kier molecular flexibility index (Phi) is 6.54. The molecule has 0 unspecified atom stereocenters. The Hall–Kier alpha value is -1.79. The molecule has 0 saturated heterocycles. The number of hydrogen-bond acceptors (Lipinski definition) is 6. The minimum Gasteiger partial charge on any atom is -0.370 e. The fourth-order valence-corrected chi connectivity index (χ4v) is 5.45. The molecule has 4 heterocycles. The molecular weight excluding hydrogens is 392 g/mol. The third-order valence-electron chi connectivity index (χ3n) is 6.00. The van der Waals surface area contributed by atoms with Crippen molar-refractivity contribution in [3.05, 3.63) is 23.1 Å². The van der Waals surface area contributed by atoms with Gasteiger partial charge in [0.25, 0.3) is 0 Å². The highest BCUT2D eigenvalue weighted by molar-refractivity contribution is 7.26. The molecule has 3 aromatic heterocycles. The highest BCUT2D eigenvalue weighted by atomic mass is 32.1. The maximum absolute atomic E-state index is 6.18. The number of pyridine rings is 1. The molecule has 0 atom stereocenters. The molecule has 0 amide bonds. The average Bonchev–Trinajstić information content (AvgIpc) is 3.10. The molecule has 0 fully saturated rings. The van der Waals surface area contributed by atoms with Gasteiger partial charge in [-0.05, 0) is 38.7 Å². The summed E-state index contributed by atoms with van der Waals surface area (Å²) in [6.45, 7) is 10.4. The first-order valence-electron chi connectivity index (χ1n) is 11.5. The monoisotopic (exact) mass is 426 g/mol. The number of ether oxygens (including phenoxy) is 1. The van der Waals surface area contributed by atoms with E-state index in [4.69, 9.17) is 14.7 Å². The number of hydrogen-bond donors (Lipinski definition) is 1. The number of aryl methyl sites for hydroxylation is 1. The zero-order chi connectivity index (χ0) is 21.1. The first kappa shape index (κ1) is 21.4. The quantitative estimate of drug-likeness (QED) is 0.400. The first-order chi connectivity index (χ1) is 14.5. The van der Waals surface area contributed by atoms with Crippen LogP contribution in [-0.2, 0) is 24.2 Å². The summed E-state index contributed by atoms with van der Waals surface area (Å²) in [4.78, 5) is 15.5. The third kappa shape index (κ3) is 4.30. The van der Waals surface area contributed by atoms with E-state index < -0.39 is 0 Å². The SMILES string of the molecule is CCCCCCNc1ncnc2c1sc1nc(CCCC)c3c(c12)CC(C)(C)OC3. The van der Waals surface area contributed by atoms with Crippen LogP contribution in [0.15, 0.2) is 6.33 Å². The van der Waals surface area contributed by atoms with Crippen LogP contribution in [0.5, 0.6) is 0 Å². The summed E-state index contributed by atoms with van der Waals surface area (Å²) in [5, 5.41) is 4.78. The van der Waals surface area contributed by atoms with Crippen molar-refractivity contribution < 1.29 is 4.74 Å². The minimum atomic E-state index is -0.162. The second kappa shape index (κ2) is 9.15. The zero-order valence-corrected chi connectivity index (χ0v) is 19.6. The molecule has 6 heteroatoms. The molecule has 3 aromatic rings. The number of thiophene rings is 1. The molecule has 0 bridgehead atoms. The zero-order valence-electron chi connectivity index (χ0n) is 18.8. The van der Waals surface area contributed by atoms with Crippen molar-refractivity contribution in [3.63, 3.8) is 0 Å². The van der Waals surface area contributed by atoms with Crippen molar-refractivity contribution in [3.8, 4) is 0 Å². The number of rotatable bonds is 9. The van der Waals surface area contributed by atoms with Gasteiger partial charge in [0.15, 0.2) is 0 Å². The smallest absolute Gasteiger partial charge is 0.147 e. The normalized spacial score (nSPS) is 15.6. The van der Waals surface area contributed by atoms with Gasteiger partial charge in [-0.25, -0.2) is 15.0 Å². The van der Waals surface area contributed by atoms with E-state index in [1.54, 1.807) is 17.7 Å². The lowest BCUT2D eigenvalue weighted by Crippen LogP contribution is -2.32. The Balaban J connectivity index is 1.78. The lowest BCUT2D eigenvalue weighted by Gasteiger charge is -2.33. The van der Waals surface area contributed by atoms with E-state index in [-0.39, 0.29) is 5.60 Å². The molecule has 4 rings (SSSR count). The number of nitrogens with zero attached hydrogens (tertiary/aromatic N) is 3. The fraction of sp³-hybridized carbons (Fsp3) is 0.625. The molecule has 1 N–H and O–H groups in total. The Labute approximate surface area is 183 Å². The van der Waals surface area contributed by atoms with E-state index in [0.717, 1.165) is 46.7 Å². The van der Waals surface area contributed by atoms with Gasteiger partial charge in [0.2, 0.25) is 0 Å². The van der Waals surface area contributed by atoms with Crippen LogP contribution in [0.2, 0.25) is 0 Å². The Bertz CT molecular complexity index is 1030. The van der Waals surface area contributed by atoms with Gasteiger partial charge in [-0.2, -0.15) is 0 Å². The van der Waals surface area contributed by atoms with Crippen molar-refractivity contribution in [2.45, 2.75) is 91.3 Å². The van der Waals surface area contributed by atoms with Crippen LogP contribution in [0.4, 0.5) is 5.82 Å². The number of aromatic nitrogens is 3. The van der Waals surface area contributed by atoms with Crippen molar-refractivity contribution >= 4 is 37.6 Å². The molecule has 0 spiro atoms. The van der Waals surface area contributed by atoms with E-state index in [0.29, 0.717) is 6.61 Å². The molecule has 0 radical (unpaired) electrons. The lowest BCUT2D eigenvalue weighted by atomic mass is 9.88. The van der Waals surface area contributed by atoms with Crippen molar-refractivity contribution in [2.75, 3.05) is 11.9 Å². The van der Waals surface area contributed by atoms with E-state index in [1.807, 2.05) is 0 Å². The Morgan fingerprint density at radius 1 is 1.07 bits per heavy atom. The summed E-state index contributed by atoms with van der Waals surface area (Å²) in [5.41, 5.74) is 4.78. The van der Waals surface area contributed by atoms with Crippen LogP contribution >= 0.6 is 11.3 Å². The van der Waals surface area contributed by atoms with Crippen molar-refractivity contribution in [1.82, 2.24) is 15.0 Å². The molecule has 0 aliphatic carbocycles. The second-order valence-electron chi connectivity index (χ2n) is 9.01. The molecule has 30 heavy (non-hydrogen) atoms. The van der Waals surface area contributed by atoms with Crippen LogP contribution in [0.3, 0.4) is 0 Å². The standard InChI is InChI=1S/C24H34N4OS/c1-5-7-9-10-12-25-22-21-20(26-15-27-22)19-16-13-24(3,4)29-14-17(16)18(11-8-6-2)28-23(19)30-21/h15H,5-14H2,1-4H3,(H,25,26,27). The van der Waals surface area contributed by atoms with Crippen LogP contribution < -0.4 is 5.32 Å². The van der Waals surface area contributed by atoms with E-state index >= 15 is 0 Å². The van der Waals surface area contributed by atoms with Gasteiger partial charge < -0.3 is 10.1 Å². The van der Waals surface area contributed by atoms with Crippen LogP contribution in [0.25, 0.3) is 20.4 Å². The molecule has 0 aromatic carbocycles. The summed E-state index contributed by atoms with van der Waals surface area (Å²) >= 11 is 1.74. The van der Waals surface area contributed by atoms with E-state index in [2.05, 4.69) is 38.0 Å². The van der Waals surface area contributed by atoms with Gasteiger partial charge in [0, 0.05) is 29.6 Å². The fourth-order valence-electron chi connectivity index (χ4n) is 4.31. The topological polar surface area (TPSA) is 59.9 Å². The summed E-state index contributed by atoms with van der Waals surface area (Å²) in [6, 6.07) is 0.